The SMILES string of the molecule is c1cnc2nc(Oc3ccc(CCN4CCCCCC4)cc3)sc2c1. The molecule has 1 aromatic carbocycles. The molecule has 0 bridgehead atoms. The van der Waals surface area contributed by atoms with Gasteiger partial charge in [-0.05, 0) is 62.2 Å². The van der Waals surface area contributed by atoms with Crippen LogP contribution in [-0.4, -0.2) is 34.5 Å². The number of hydrogen-bond donors (Lipinski definition) is 0. The highest BCUT2D eigenvalue weighted by Crippen LogP contribution is 2.30. The molecule has 0 amide bonds. The third kappa shape index (κ3) is 4.35. The van der Waals surface area contributed by atoms with E-state index in [0.29, 0.717) is 5.19 Å². The van der Waals surface area contributed by atoms with Gasteiger partial charge in [0.15, 0.2) is 5.65 Å². The molecule has 130 valence electrons. The number of pyridine rings is 1. The van der Waals surface area contributed by atoms with Crippen molar-refractivity contribution in [3.05, 3.63) is 48.2 Å². The lowest BCUT2D eigenvalue weighted by Gasteiger charge is -2.19. The van der Waals surface area contributed by atoms with Gasteiger partial charge in [0, 0.05) is 12.7 Å². The van der Waals surface area contributed by atoms with Crippen LogP contribution in [0.2, 0.25) is 0 Å². The zero-order valence-electron chi connectivity index (χ0n) is 14.4. The number of thiazole rings is 1. The predicted octanol–water partition coefficient (Wildman–Crippen LogP) is 4.90. The molecule has 0 unspecified atom stereocenters. The van der Waals surface area contributed by atoms with Gasteiger partial charge in [-0.25, -0.2) is 4.98 Å². The molecule has 0 saturated carbocycles. The molecule has 25 heavy (non-hydrogen) atoms. The van der Waals surface area contributed by atoms with Gasteiger partial charge in [0.1, 0.15) is 5.75 Å². The van der Waals surface area contributed by atoms with Gasteiger partial charge in [0.25, 0.3) is 5.19 Å². The summed E-state index contributed by atoms with van der Waals surface area (Å²) in [7, 11) is 0. The lowest BCUT2D eigenvalue weighted by atomic mass is 10.1. The summed E-state index contributed by atoms with van der Waals surface area (Å²) in [6.07, 6.45) is 8.34. The first-order chi connectivity index (χ1) is 12.4. The molecule has 1 saturated heterocycles. The fraction of sp³-hybridized carbons (Fsp3) is 0.400. The van der Waals surface area contributed by atoms with Crippen LogP contribution >= 0.6 is 11.3 Å². The fourth-order valence-corrected chi connectivity index (χ4v) is 4.06. The van der Waals surface area contributed by atoms with E-state index in [0.717, 1.165) is 29.1 Å². The first kappa shape index (κ1) is 16.5. The van der Waals surface area contributed by atoms with Crippen molar-refractivity contribution in [2.24, 2.45) is 0 Å². The third-order valence-electron chi connectivity index (χ3n) is 4.69. The molecule has 0 atom stereocenters. The fourth-order valence-electron chi connectivity index (χ4n) is 3.26. The topological polar surface area (TPSA) is 38.3 Å². The average molecular weight is 353 g/mol. The summed E-state index contributed by atoms with van der Waals surface area (Å²) in [5, 5.41) is 0.644. The van der Waals surface area contributed by atoms with Crippen molar-refractivity contribution in [3.63, 3.8) is 0 Å². The molecule has 3 heterocycles. The Hall–Kier alpha value is -1.98. The van der Waals surface area contributed by atoms with Gasteiger partial charge in [-0.15, -0.1) is 0 Å². The van der Waals surface area contributed by atoms with Crippen LogP contribution in [0, 0.1) is 0 Å². The van der Waals surface area contributed by atoms with Crippen LogP contribution in [0.25, 0.3) is 10.3 Å². The Morgan fingerprint density at radius 2 is 1.80 bits per heavy atom. The first-order valence-electron chi connectivity index (χ1n) is 9.07. The van der Waals surface area contributed by atoms with Crippen molar-refractivity contribution in [1.29, 1.82) is 0 Å². The lowest BCUT2D eigenvalue weighted by molar-refractivity contribution is 0.289. The molecule has 0 spiro atoms. The summed E-state index contributed by atoms with van der Waals surface area (Å²) in [4.78, 5) is 11.3. The van der Waals surface area contributed by atoms with E-state index in [-0.39, 0.29) is 0 Å². The molecule has 3 aromatic rings. The maximum absolute atomic E-state index is 5.89. The van der Waals surface area contributed by atoms with Crippen LogP contribution in [0.3, 0.4) is 0 Å². The quantitative estimate of drug-likeness (QED) is 0.654. The van der Waals surface area contributed by atoms with E-state index >= 15 is 0 Å². The molecule has 0 radical (unpaired) electrons. The lowest BCUT2D eigenvalue weighted by Crippen LogP contribution is -2.26. The molecule has 2 aromatic heterocycles. The van der Waals surface area contributed by atoms with Gasteiger partial charge < -0.3 is 9.64 Å². The maximum atomic E-state index is 5.89. The highest BCUT2D eigenvalue weighted by atomic mass is 32.1. The zero-order valence-corrected chi connectivity index (χ0v) is 15.2. The largest absolute Gasteiger partial charge is 0.431 e. The summed E-state index contributed by atoms with van der Waals surface area (Å²) in [6, 6.07) is 12.3. The molecule has 1 fully saturated rings. The van der Waals surface area contributed by atoms with E-state index in [1.54, 1.807) is 6.20 Å². The summed E-state index contributed by atoms with van der Waals surface area (Å²) in [5.41, 5.74) is 2.11. The molecular formula is C20H23N3OS. The number of rotatable bonds is 5. The standard InChI is InChI=1S/C20H23N3OS/c1-2-4-14-23(13-3-1)15-11-16-7-9-17(10-8-16)24-20-22-19-18(25-20)6-5-12-21-19/h5-10,12H,1-4,11,13-15H2. The van der Waals surface area contributed by atoms with Crippen LogP contribution in [-0.2, 0) is 6.42 Å². The molecule has 4 nitrogen and oxygen atoms in total. The Labute approximate surface area is 152 Å². The van der Waals surface area contributed by atoms with Crippen LogP contribution < -0.4 is 4.74 Å². The normalized spacial score (nSPS) is 16.0. The Balaban J connectivity index is 1.34. The van der Waals surface area contributed by atoms with E-state index in [9.17, 15) is 0 Å². The van der Waals surface area contributed by atoms with Crippen molar-refractivity contribution < 1.29 is 4.74 Å². The van der Waals surface area contributed by atoms with Gasteiger partial charge >= 0.3 is 0 Å². The smallest absolute Gasteiger partial charge is 0.281 e. The van der Waals surface area contributed by atoms with E-state index in [1.807, 2.05) is 24.3 Å². The van der Waals surface area contributed by atoms with Crippen LogP contribution in [0.5, 0.6) is 10.9 Å². The van der Waals surface area contributed by atoms with Crippen LogP contribution in [0.1, 0.15) is 31.2 Å². The first-order valence-corrected chi connectivity index (χ1v) is 9.89. The minimum Gasteiger partial charge on any atom is -0.431 e. The number of aromatic nitrogens is 2. The van der Waals surface area contributed by atoms with Crippen molar-refractivity contribution in [2.75, 3.05) is 19.6 Å². The number of nitrogens with zero attached hydrogens (tertiary/aromatic N) is 3. The summed E-state index contributed by atoms with van der Waals surface area (Å²) < 4.78 is 6.93. The number of ether oxygens (including phenoxy) is 1. The van der Waals surface area contributed by atoms with Crippen molar-refractivity contribution in [2.45, 2.75) is 32.1 Å². The van der Waals surface area contributed by atoms with Gasteiger partial charge in [0.05, 0.1) is 4.70 Å². The second kappa shape index (κ2) is 7.93. The molecule has 1 aliphatic heterocycles. The van der Waals surface area contributed by atoms with Crippen LogP contribution in [0.4, 0.5) is 0 Å². The molecule has 0 aliphatic carbocycles. The predicted molar refractivity (Wildman–Crippen MR) is 103 cm³/mol. The van der Waals surface area contributed by atoms with Crippen molar-refractivity contribution >= 4 is 21.7 Å². The molecule has 5 heteroatoms. The number of hydrogen-bond acceptors (Lipinski definition) is 5. The minimum atomic E-state index is 0.644. The van der Waals surface area contributed by atoms with Gasteiger partial charge in [-0.1, -0.05) is 36.3 Å². The summed E-state index contributed by atoms with van der Waals surface area (Å²) in [6.45, 7) is 3.67. The van der Waals surface area contributed by atoms with E-state index in [1.165, 1.54) is 55.7 Å². The zero-order chi connectivity index (χ0) is 16.9. The Bertz CT molecular complexity index is 774. The monoisotopic (exact) mass is 353 g/mol. The molecular weight excluding hydrogens is 330 g/mol. The highest BCUT2D eigenvalue weighted by Gasteiger charge is 2.09. The van der Waals surface area contributed by atoms with Gasteiger partial charge in [0.2, 0.25) is 0 Å². The minimum absolute atomic E-state index is 0.644. The molecule has 0 N–H and O–H groups in total. The summed E-state index contributed by atoms with van der Waals surface area (Å²) >= 11 is 1.52. The Morgan fingerprint density at radius 3 is 2.56 bits per heavy atom. The van der Waals surface area contributed by atoms with E-state index < -0.39 is 0 Å². The van der Waals surface area contributed by atoms with Gasteiger partial charge in [-0.2, -0.15) is 4.98 Å². The Kier molecular flexibility index (Phi) is 5.23. The van der Waals surface area contributed by atoms with Crippen LogP contribution in [0.15, 0.2) is 42.6 Å². The highest BCUT2D eigenvalue weighted by molar-refractivity contribution is 7.20. The Morgan fingerprint density at radius 1 is 1.00 bits per heavy atom. The second-order valence-corrected chi connectivity index (χ2v) is 7.55. The number of fused-ring (bicyclic) bond motifs is 1. The molecule has 4 rings (SSSR count). The van der Waals surface area contributed by atoms with Crippen molar-refractivity contribution in [3.8, 4) is 10.9 Å². The third-order valence-corrected chi connectivity index (χ3v) is 5.58. The van der Waals surface area contributed by atoms with E-state index in [4.69, 9.17) is 4.74 Å². The molecule has 1 aliphatic rings. The number of likely N-dealkylation sites (tertiary alicyclic amines) is 1. The second-order valence-electron chi connectivity index (χ2n) is 6.56. The van der Waals surface area contributed by atoms with Gasteiger partial charge in [-0.3, -0.25) is 0 Å². The average Bonchev–Trinajstić information content (AvgIpc) is 2.86. The van der Waals surface area contributed by atoms with Crippen molar-refractivity contribution in [1.82, 2.24) is 14.9 Å². The summed E-state index contributed by atoms with van der Waals surface area (Å²) in [5.74, 6) is 0.831. The number of benzene rings is 1. The van der Waals surface area contributed by atoms with E-state index in [2.05, 4.69) is 27.0 Å². The maximum Gasteiger partial charge on any atom is 0.281 e.